The predicted molar refractivity (Wildman–Crippen MR) is 90.0 cm³/mol. The molecule has 1 fully saturated rings. The quantitative estimate of drug-likeness (QED) is 0.757. The third-order valence-electron chi connectivity index (χ3n) is 4.04. The van der Waals surface area contributed by atoms with Gasteiger partial charge in [0.2, 0.25) is 0 Å². The fraction of sp³-hybridized carbons (Fsp3) is 0.389. The number of aliphatic hydroxyl groups is 1. The molecule has 1 aliphatic carbocycles. The number of anilines is 1. The Morgan fingerprint density at radius 1 is 1.25 bits per heavy atom. The summed E-state index contributed by atoms with van der Waals surface area (Å²) in [7, 11) is 0. The van der Waals surface area contributed by atoms with E-state index in [1.165, 1.54) is 19.1 Å². The first kappa shape index (κ1) is 16.4. The molecule has 1 aromatic carbocycles. The summed E-state index contributed by atoms with van der Waals surface area (Å²) in [6, 6.07) is 10.3. The van der Waals surface area contributed by atoms with Gasteiger partial charge in [-0.3, -0.25) is 0 Å². The minimum Gasteiger partial charge on any atom is -0.490 e. The number of ether oxygens (including phenoxy) is 1. The second kappa shape index (κ2) is 7.88. The van der Waals surface area contributed by atoms with Crippen LogP contribution in [0.15, 0.2) is 47.1 Å². The molecule has 6 nitrogen and oxygen atoms in total. The number of furan rings is 1. The zero-order valence-electron chi connectivity index (χ0n) is 13.4. The molecule has 128 valence electrons. The molecule has 2 amide bonds. The Kier molecular flexibility index (Phi) is 5.38. The van der Waals surface area contributed by atoms with Crippen molar-refractivity contribution in [1.82, 2.24) is 5.32 Å². The highest BCUT2D eigenvalue weighted by Gasteiger charge is 2.16. The number of urea groups is 1. The Morgan fingerprint density at radius 3 is 2.67 bits per heavy atom. The van der Waals surface area contributed by atoms with Crippen LogP contribution in [0.25, 0.3) is 0 Å². The number of hydrogen-bond donors (Lipinski definition) is 3. The number of benzene rings is 1. The van der Waals surface area contributed by atoms with E-state index in [-0.39, 0.29) is 12.6 Å². The van der Waals surface area contributed by atoms with Gasteiger partial charge in [0.05, 0.1) is 18.9 Å². The predicted octanol–water partition coefficient (Wildman–Crippen LogP) is 3.46. The number of aliphatic hydroxyl groups excluding tert-OH is 1. The number of hydrogen-bond acceptors (Lipinski definition) is 4. The van der Waals surface area contributed by atoms with E-state index >= 15 is 0 Å². The van der Waals surface area contributed by atoms with Crippen molar-refractivity contribution in [2.75, 3.05) is 11.9 Å². The SMILES string of the molecule is O=C(NCC(O)c1ccco1)Nc1ccc(OC2CCCC2)cc1. The molecule has 0 radical (unpaired) electrons. The summed E-state index contributed by atoms with van der Waals surface area (Å²) < 4.78 is 11.0. The van der Waals surface area contributed by atoms with E-state index in [1.54, 1.807) is 24.3 Å². The van der Waals surface area contributed by atoms with E-state index in [2.05, 4.69) is 10.6 Å². The molecule has 1 aromatic heterocycles. The van der Waals surface area contributed by atoms with Crippen molar-refractivity contribution >= 4 is 11.7 Å². The summed E-state index contributed by atoms with van der Waals surface area (Å²) >= 11 is 0. The number of nitrogens with one attached hydrogen (secondary N) is 2. The summed E-state index contributed by atoms with van der Waals surface area (Å²) in [5, 5.41) is 15.2. The second-order valence-corrected chi connectivity index (χ2v) is 5.91. The fourth-order valence-electron chi connectivity index (χ4n) is 2.76. The van der Waals surface area contributed by atoms with Gasteiger partial charge in [0.25, 0.3) is 0 Å². The van der Waals surface area contributed by atoms with Crippen LogP contribution in [0.4, 0.5) is 10.5 Å². The van der Waals surface area contributed by atoms with Gasteiger partial charge in [-0.15, -0.1) is 0 Å². The van der Waals surface area contributed by atoms with E-state index in [1.807, 2.05) is 12.1 Å². The fourth-order valence-corrected chi connectivity index (χ4v) is 2.76. The van der Waals surface area contributed by atoms with Crippen molar-refractivity contribution in [3.63, 3.8) is 0 Å². The lowest BCUT2D eigenvalue weighted by atomic mass is 10.2. The smallest absolute Gasteiger partial charge is 0.319 e. The maximum absolute atomic E-state index is 11.9. The number of carbonyl (C=O) groups is 1. The van der Waals surface area contributed by atoms with Crippen molar-refractivity contribution in [2.45, 2.75) is 37.9 Å². The van der Waals surface area contributed by atoms with Crippen LogP contribution in [0, 0.1) is 0 Å². The summed E-state index contributed by atoms with van der Waals surface area (Å²) in [6.07, 6.45) is 5.61. The first-order valence-corrected chi connectivity index (χ1v) is 8.24. The molecule has 2 aromatic rings. The molecule has 1 heterocycles. The Morgan fingerprint density at radius 2 is 2.00 bits per heavy atom. The molecule has 0 saturated heterocycles. The molecule has 6 heteroatoms. The second-order valence-electron chi connectivity index (χ2n) is 5.91. The molecule has 0 aliphatic heterocycles. The van der Waals surface area contributed by atoms with Crippen LogP contribution >= 0.6 is 0 Å². The van der Waals surface area contributed by atoms with Crippen molar-refractivity contribution in [2.24, 2.45) is 0 Å². The number of rotatable bonds is 6. The summed E-state index contributed by atoms with van der Waals surface area (Å²) in [5.74, 6) is 1.24. The maximum Gasteiger partial charge on any atom is 0.319 e. The maximum atomic E-state index is 11.9. The largest absolute Gasteiger partial charge is 0.490 e. The van der Waals surface area contributed by atoms with E-state index < -0.39 is 6.10 Å². The first-order valence-electron chi connectivity index (χ1n) is 8.24. The Bertz CT molecular complexity index is 634. The molecule has 24 heavy (non-hydrogen) atoms. The molecule has 3 N–H and O–H groups in total. The Hall–Kier alpha value is -2.47. The highest BCUT2D eigenvalue weighted by molar-refractivity contribution is 5.89. The van der Waals surface area contributed by atoms with Gasteiger partial charge in [-0.2, -0.15) is 0 Å². The zero-order valence-corrected chi connectivity index (χ0v) is 13.4. The molecule has 0 spiro atoms. The van der Waals surface area contributed by atoms with Gasteiger partial charge in [0.1, 0.15) is 17.6 Å². The van der Waals surface area contributed by atoms with Crippen LogP contribution < -0.4 is 15.4 Å². The molecule has 3 rings (SSSR count). The van der Waals surface area contributed by atoms with Crippen LogP contribution in [0.2, 0.25) is 0 Å². The molecular formula is C18H22N2O4. The number of amides is 2. The van der Waals surface area contributed by atoms with Crippen LogP contribution in [0.3, 0.4) is 0 Å². The minimum atomic E-state index is -0.868. The summed E-state index contributed by atoms with van der Waals surface area (Å²) in [4.78, 5) is 11.9. The van der Waals surface area contributed by atoms with Crippen molar-refractivity contribution < 1.29 is 19.1 Å². The Balaban J connectivity index is 1.44. The van der Waals surface area contributed by atoms with Gasteiger partial charge in [0, 0.05) is 5.69 Å². The van der Waals surface area contributed by atoms with Crippen molar-refractivity contribution in [3.8, 4) is 5.75 Å². The van der Waals surface area contributed by atoms with Crippen molar-refractivity contribution in [3.05, 3.63) is 48.4 Å². The van der Waals surface area contributed by atoms with Crippen LogP contribution in [0.1, 0.15) is 37.5 Å². The van der Waals surface area contributed by atoms with E-state index in [0.717, 1.165) is 18.6 Å². The monoisotopic (exact) mass is 330 g/mol. The molecular weight excluding hydrogens is 308 g/mol. The highest BCUT2D eigenvalue weighted by atomic mass is 16.5. The van der Waals surface area contributed by atoms with Gasteiger partial charge >= 0.3 is 6.03 Å². The van der Waals surface area contributed by atoms with Gasteiger partial charge < -0.3 is 24.9 Å². The van der Waals surface area contributed by atoms with Gasteiger partial charge in [-0.25, -0.2) is 4.79 Å². The average Bonchev–Trinajstić information content (AvgIpc) is 3.28. The first-order chi connectivity index (χ1) is 11.7. The van der Waals surface area contributed by atoms with Crippen molar-refractivity contribution in [1.29, 1.82) is 0 Å². The average molecular weight is 330 g/mol. The van der Waals surface area contributed by atoms with Gasteiger partial charge in [-0.1, -0.05) is 0 Å². The third-order valence-corrected chi connectivity index (χ3v) is 4.04. The third kappa shape index (κ3) is 4.52. The minimum absolute atomic E-state index is 0.0716. The summed E-state index contributed by atoms with van der Waals surface area (Å²) in [6.45, 7) is 0.0716. The van der Waals surface area contributed by atoms with Crippen LogP contribution in [0.5, 0.6) is 5.75 Å². The molecule has 1 aliphatic rings. The topological polar surface area (TPSA) is 83.7 Å². The number of carbonyl (C=O) groups excluding carboxylic acids is 1. The molecule has 0 bridgehead atoms. The molecule has 1 unspecified atom stereocenters. The normalized spacial score (nSPS) is 15.9. The van der Waals surface area contributed by atoms with E-state index in [4.69, 9.17) is 9.15 Å². The molecule has 1 saturated carbocycles. The highest BCUT2D eigenvalue weighted by Crippen LogP contribution is 2.25. The lowest BCUT2D eigenvalue weighted by Crippen LogP contribution is -2.32. The van der Waals surface area contributed by atoms with Gasteiger partial charge in [-0.05, 0) is 62.1 Å². The molecule has 1 atom stereocenters. The lowest BCUT2D eigenvalue weighted by molar-refractivity contribution is 0.149. The van der Waals surface area contributed by atoms with Crippen LogP contribution in [-0.4, -0.2) is 23.8 Å². The van der Waals surface area contributed by atoms with E-state index in [9.17, 15) is 9.90 Å². The summed E-state index contributed by atoms with van der Waals surface area (Å²) in [5.41, 5.74) is 0.666. The zero-order chi connectivity index (χ0) is 16.8. The Labute approximate surface area is 140 Å². The standard InChI is InChI=1S/C18H22N2O4/c21-16(17-6-3-11-23-17)12-19-18(22)20-13-7-9-15(10-8-13)24-14-4-1-2-5-14/h3,6-11,14,16,21H,1-2,4-5,12H2,(H2,19,20,22). The lowest BCUT2D eigenvalue weighted by Gasteiger charge is -2.14. The van der Waals surface area contributed by atoms with Gasteiger partial charge in [0.15, 0.2) is 0 Å². The van der Waals surface area contributed by atoms with E-state index in [0.29, 0.717) is 17.6 Å². The van der Waals surface area contributed by atoms with Crippen LogP contribution in [-0.2, 0) is 0 Å².